The maximum absolute atomic E-state index is 5.71. The molecule has 0 radical (unpaired) electrons. The predicted octanol–water partition coefficient (Wildman–Crippen LogP) is 2.86. The van der Waals surface area contributed by atoms with Gasteiger partial charge in [0.15, 0.2) is 0 Å². The summed E-state index contributed by atoms with van der Waals surface area (Å²) in [5.41, 5.74) is 0. The fourth-order valence-corrected chi connectivity index (χ4v) is 1.18. The van der Waals surface area contributed by atoms with Crippen LogP contribution in [0.2, 0.25) is 5.15 Å². The van der Waals surface area contributed by atoms with E-state index in [0.29, 0.717) is 5.15 Å². The molecule has 0 unspecified atom stereocenters. The summed E-state index contributed by atoms with van der Waals surface area (Å²) in [5, 5.41) is 0.538. The Labute approximate surface area is 78.0 Å². The Balaban J connectivity index is 2.41. The smallest absolute Gasteiger partial charge is 0.132 e. The Morgan fingerprint density at radius 2 is 2.25 bits per heavy atom. The van der Waals surface area contributed by atoms with Crippen molar-refractivity contribution in [1.29, 1.82) is 0 Å². The molecule has 0 bridgehead atoms. The minimum Gasteiger partial charge on any atom is -0.241 e. The minimum atomic E-state index is 0.538. The fourth-order valence-electron chi connectivity index (χ4n) is 1.03. The number of nitrogens with zero attached hydrogens (tertiary/aromatic N) is 2. The van der Waals surface area contributed by atoms with E-state index >= 15 is 0 Å². The summed E-state index contributed by atoms with van der Waals surface area (Å²) in [6.45, 7) is 2.18. The molecule has 0 N–H and O–H groups in total. The van der Waals surface area contributed by atoms with E-state index < -0.39 is 0 Å². The molecule has 0 aliphatic rings. The molecule has 0 aromatic carbocycles. The Bertz CT molecular complexity index is 238. The van der Waals surface area contributed by atoms with Crippen molar-refractivity contribution in [3.05, 3.63) is 23.2 Å². The zero-order valence-corrected chi connectivity index (χ0v) is 8.01. The quantitative estimate of drug-likeness (QED) is 0.531. The first-order valence-electron chi connectivity index (χ1n) is 4.30. The molecule has 0 aliphatic carbocycles. The highest BCUT2D eigenvalue weighted by Gasteiger charge is 1.96. The zero-order chi connectivity index (χ0) is 8.81. The number of rotatable bonds is 4. The summed E-state index contributed by atoms with van der Waals surface area (Å²) in [5.74, 6) is 0.857. The maximum atomic E-state index is 5.71. The van der Waals surface area contributed by atoms with Crippen LogP contribution in [0.15, 0.2) is 12.3 Å². The van der Waals surface area contributed by atoms with Gasteiger partial charge in [-0.1, -0.05) is 31.4 Å². The van der Waals surface area contributed by atoms with Crippen molar-refractivity contribution in [3.8, 4) is 0 Å². The number of hydrogen-bond acceptors (Lipinski definition) is 2. The van der Waals surface area contributed by atoms with Crippen LogP contribution >= 0.6 is 11.6 Å². The van der Waals surface area contributed by atoms with Crippen LogP contribution in [0.5, 0.6) is 0 Å². The Hall–Kier alpha value is -0.630. The van der Waals surface area contributed by atoms with Crippen molar-refractivity contribution in [3.63, 3.8) is 0 Å². The van der Waals surface area contributed by atoms with E-state index in [1.807, 2.05) is 0 Å². The lowest BCUT2D eigenvalue weighted by atomic mass is 10.2. The number of aromatic nitrogens is 2. The van der Waals surface area contributed by atoms with Crippen LogP contribution in [-0.4, -0.2) is 9.97 Å². The van der Waals surface area contributed by atoms with Gasteiger partial charge in [0.05, 0.1) is 0 Å². The Morgan fingerprint density at radius 3 is 2.92 bits per heavy atom. The molecule has 0 aliphatic heterocycles. The summed E-state index contributed by atoms with van der Waals surface area (Å²) in [6, 6.07) is 1.70. The molecule has 3 heteroatoms. The summed E-state index contributed by atoms with van der Waals surface area (Å²) in [7, 11) is 0. The maximum Gasteiger partial charge on any atom is 0.132 e. The largest absolute Gasteiger partial charge is 0.241 e. The Morgan fingerprint density at radius 1 is 1.42 bits per heavy atom. The van der Waals surface area contributed by atoms with Gasteiger partial charge in [-0.3, -0.25) is 0 Å². The van der Waals surface area contributed by atoms with Gasteiger partial charge in [0, 0.05) is 12.6 Å². The molecule has 2 nitrogen and oxygen atoms in total. The van der Waals surface area contributed by atoms with Gasteiger partial charge in [-0.05, 0) is 12.5 Å². The number of aryl methyl sites for hydroxylation is 1. The van der Waals surface area contributed by atoms with Gasteiger partial charge >= 0.3 is 0 Å². The molecule has 0 amide bonds. The van der Waals surface area contributed by atoms with Crippen molar-refractivity contribution < 1.29 is 0 Å². The van der Waals surface area contributed by atoms with Crippen molar-refractivity contribution in [2.75, 3.05) is 0 Å². The second-order valence-electron chi connectivity index (χ2n) is 2.75. The van der Waals surface area contributed by atoms with Gasteiger partial charge in [-0.2, -0.15) is 0 Å². The predicted molar refractivity (Wildman–Crippen MR) is 50.3 cm³/mol. The lowest BCUT2D eigenvalue weighted by molar-refractivity contribution is 0.693. The van der Waals surface area contributed by atoms with E-state index in [4.69, 9.17) is 11.6 Å². The third-order valence-electron chi connectivity index (χ3n) is 1.68. The molecule has 0 fully saturated rings. The lowest BCUT2D eigenvalue weighted by Gasteiger charge is -1.97. The topological polar surface area (TPSA) is 25.8 Å². The van der Waals surface area contributed by atoms with Crippen LogP contribution in [0.25, 0.3) is 0 Å². The molecule has 0 spiro atoms. The van der Waals surface area contributed by atoms with Gasteiger partial charge in [0.2, 0.25) is 0 Å². The summed E-state index contributed by atoms with van der Waals surface area (Å²) >= 11 is 5.71. The molecular formula is C9H13ClN2. The number of unbranched alkanes of at least 4 members (excludes halogenated alkanes) is 2. The SMILES string of the molecule is CCCCCc1nccc(Cl)n1. The summed E-state index contributed by atoms with van der Waals surface area (Å²) in [4.78, 5) is 8.22. The summed E-state index contributed by atoms with van der Waals surface area (Å²) < 4.78 is 0. The first-order chi connectivity index (χ1) is 5.83. The van der Waals surface area contributed by atoms with Crippen LogP contribution in [0.4, 0.5) is 0 Å². The van der Waals surface area contributed by atoms with Gasteiger partial charge in [0.1, 0.15) is 11.0 Å². The van der Waals surface area contributed by atoms with Crippen LogP contribution in [0.3, 0.4) is 0 Å². The monoisotopic (exact) mass is 184 g/mol. The third kappa shape index (κ3) is 3.18. The molecule has 66 valence electrons. The van der Waals surface area contributed by atoms with Crippen LogP contribution < -0.4 is 0 Å². The molecule has 1 aromatic rings. The Kier molecular flexibility index (Phi) is 4.01. The van der Waals surface area contributed by atoms with E-state index in [0.717, 1.165) is 18.7 Å². The van der Waals surface area contributed by atoms with Crippen molar-refractivity contribution >= 4 is 11.6 Å². The third-order valence-corrected chi connectivity index (χ3v) is 1.89. The zero-order valence-electron chi connectivity index (χ0n) is 7.26. The molecule has 1 heterocycles. The lowest BCUT2D eigenvalue weighted by Crippen LogP contribution is -1.93. The number of hydrogen-bond donors (Lipinski definition) is 0. The standard InChI is InChI=1S/C9H13ClN2/c1-2-3-4-5-9-11-7-6-8(10)12-9/h6-7H,2-5H2,1H3. The molecule has 0 saturated carbocycles. The van der Waals surface area contributed by atoms with Gasteiger partial charge in [-0.15, -0.1) is 0 Å². The molecule has 12 heavy (non-hydrogen) atoms. The minimum absolute atomic E-state index is 0.538. The normalized spacial score (nSPS) is 10.2. The molecule has 0 atom stereocenters. The molecule has 1 aromatic heterocycles. The van der Waals surface area contributed by atoms with E-state index in [-0.39, 0.29) is 0 Å². The van der Waals surface area contributed by atoms with Crippen LogP contribution in [-0.2, 0) is 6.42 Å². The van der Waals surface area contributed by atoms with Crippen molar-refractivity contribution in [2.24, 2.45) is 0 Å². The highest BCUT2D eigenvalue weighted by Crippen LogP contribution is 2.05. The molecular weight excluding hydrogens is 172 g/mol. The molecule has 0 saturated heterocycles. The second-order valence-corrected chi connectivity index (χ2v) is 3.14. The second kappa shape index (κ2) is 5.09. The fraction of sp³-hybridized carbons (Fsp3) is 0.556. The van der Waals surface area contributed by atoms with E-state index in [9.17, 15) is 0 Å². The van der Waals surface area contributed by atoms with Gasteiger partial charge in [-0.25, -0.2) is 9.97 Å². The van der Waals surface area contributed by atoms with Crippen LogP contribution in [0.1, 0.15) is 32.0 Å². The highest BCUT2D eigenvalue weighted by atomic mass is 35.5. The molecule has 1 rings (SSSR count). The van der Waals surface area contributed by atoms with Crippen molar-refractivity contribution in [2.45, 2.75) is 32.6 Å². The van der Waals surface area contributed by atoms with E-state index in [2.05, 4.69) is 16.9 Å². The summed E-state index contributed by atoms with van der Waals surface area (Å²) in [6.07, 6.45) is 6.25. The van der Waals surface area contributed by atoms with Gasteiger partial charge in [0.25, 0.3) is 0 Å². The van der Waals surface area contributed by atoms with E-state index in [1.165, 1.54) is 12.8 Å². The van der Waals surface area contributed by atoms with E-state index in [1.54, 1.807) is 12.3 Å². The highest BCUT2D eigenvalue weighted by molar-refractivity contribution is 6.29. The van der Waals surface area contributed by atoms with Crippen molar-refractivity contribution in [1.82, 2.24) is 9.97 Å². The van der Waals surface area contributed by atoms with Crippen LogP contribution in [0, 0.1) is 0 Å². The van der Waals surface area contributed by atoms with Gasteiger partial charge < -0.3 is 0 Å². The first-order valence-corrected chi connectivity index (χ1v) is 4.68. The average Bonchev–Trinajstić information content (AvgIpc) is 2.05. The number of halogens is 1. The average molecular weight is 185 g/mol. The first kappa shape index (κ1) is 9.46.